The fourth-order valence-electron chi connectivity index (χ4n) is 2.24. The molecule has 0 atom stereocenters. The Morgan fingerprint density at radius 1 is 1.36 bits per heavy atom. The van der Waals surface area contributed by atoms with Crippen LogP contribution in [0.3, 0.4) is 0 Å². The highest BCUT2D eigenvalue weighted by Crippen LogP contribution is 2.12. The summed E-state index contributed by atoms with van der Waals surface area (Å²) in [6, 6.07) is 8.01. The molecule has 3 aromatic rings. The predicted molar refractivity (Wildman–Crippen MR) is 86.7 cm³/mol. The first kappa shape index (κ1) is 14.7. The van der Waals surface area contributed by atoms with Crippen molar-refractivity contribution in [3.8, 4) is 0 Å². The third-order valence-electron chi connectivity index (χ3n) is 3.35. The molecule has 0 radical (unpaired) electrons. The number of nitrogens with one attached hydrogen (secondary N) is 1. The first-order valence-electron chi connectivity index (χ1n) is 7.10. The quantitative estimate of drug-likeness (QED) is 0.679. The van der Waals surface area contributed by atoms with Crippen molar-refractivity contribution in [1.82, 2.24) is 19.9 Å². The number of benzene rings is 1. The van der Waals surface area contributed by atoms with Crippen LogP contribution in [-0.2, 0) is 13.1 Å². The highest BCUT2D eigenvalue weighted by atomic mass is 32.1. The van der Waals surface area contributed by atoms with Crippen molar-refractivity contribution in [3.63, 3.8) is 0 Å². The van der Waals surface area contributed by atoms with Gasteiger partial charge in [0.25, 0.3) is 5.91 Å². The zero-order valence-corrected chi connectivity index (χ0v) is 12.8. The first-order valence-corrected chi connectivity index (χ1v) is 7.98. The third-order valence-corrected chi connectivity index (χ3v) is 4.22. The predicted octanol–water partition coefficient (Wildman–Crippen LogP) is 1.77. The van der Waals surface area contributed by atoms with Crippen LogP contribution in [0.5, 0.6) is 0 Å². The minimum absolute atomic E-state index is 0.147. The van der Waals surface area contributed by atoms with Crippen molar-refractivity contribution in [1.29, 1.82) is 0 Å². The first-order chi connectivity index (χ1) is 10.8. The lowest BCUT2D eigenvalue weighted by Crippen LogP contribution is -2.25. The van der Waals surface area contributed by atoms with Crippen LogP contribution < -0.4 is 11.1 Å². The number of carbonyl (C=O) groups is 1. The van der Waals surface area contributed by atoms with Crippen molar-refractivity contribution in [2.24, 2.45) is 5.73 Å². The summed E-state index contributed by atoms with van der Waals surface area (Å²) in [5, 5.41) is 5.39. The number of imidazole rings is 1. The zero-order chi connectivity index (χ0) is 15.4. The lowest BCUT2D eigenvalue weighted by Gasteiger charge is -2.05. The van der Waals surface area contributed by atoms with E-state index in [-0.39, 0.29) is 5.91 Å². The van der Waals surface area contributed by atoms with E-state index in [4.69, 9.17) is 5.73 Å². The largest absolute Gasteiger partial charge is 0.351 e. The molecule has 0 spiro atoms. The second-order valence-corrected chi connectivity index (χ2v) is 5.81. The van der Waals surface area contributed by atoms with Crippen LogP contribution in [0, 0.1) is 0 Å². The maximum absolute atomic E-state index is 11.9. The van der Waals surface area contributed by atoms with Gasteiger partial charge in [0.2, 0.25) is 0 Å². The molecule has 7 heteroatoms. The number of para-hydroxylation sites is 2. The van der Waals surface area contributed by atoms with E-state index in [2.05, 4.69) is 19.9 Å². The van der Waals surface area contributed by atoms with E-state index in [1.54, 1.807) is 5.38 Å². The van der Waals surface area contributed by atoms with Crippen LogP contribution in [0.25, 0.3) is 11.0 Å². The van der Waals surface area contributed by atoms with Crippen LogP contribution in [-0.4, -0.2) is 27.0 Å². The number of aromatic nitrogens is 3. The number of fused-ring (bicyclic) bond motifs is 1. The van der Waals surface area contributed by atoms with Gasteiger partial charge in [-0.3, -0.25) is 4.79 Å². The lowest BCUT2D eigenvalue weighted by atomic mass is 10.3. The molecule has 1 aromatic carbocycles. The number of nitrogens with two attached hydrogens (primary N) is 1. The number of rotatable bonds is 6. The van der Waals surface area contributed by atoms with Gasteiger partial charge in [0.1, 0.15) is 10.7 Å². The molecule has 0 bridgehead atoms. The van der Waals surface area contributed by atoms with Gasteiger partial charge in [-0.25, -0.2) is 9.97 Å². The molecule has 0 saturated carbocycles. The minimum atomic E-state index is -0.147. The van der Waals surface area contributed by atoms with Gasteiger partial charge < -0.3 is 15.6 Å². The van der Waals surface area contributed by atoms with Crippen LogP contribution in [0.4, 0.5) is 0 Å². The Hall–Kier alpha value is -2.25. The maximum Gasteiger partial charge on any atom is 0.270 e. The number of amides is 1. The average molecular weight is 315 g/mol. The molecule has 0 aliphatic carbocycles. The molecule has 6 nitrogen and oxygen atoms in total. The van der Waals surface area contributed by atoms with E-state index in [9.17, 15) is 4.79 Å². The Morgan fingerprint density at radius 3 is 3.05 bits per heavy atom. The van der Waals surface area contributed by atoms with E-state index in [1.165, 1.54) is 11.3 Å². The van der Waals surface area contributed by atoms with E-state index in [0.717, 1.165) is 29.0 Å². The summed E-state index contributed by atoms with van der Waals surface area (Å²) in [5.41, 5.74) is 8.04. The van der Waals surface area contributed by atoms with Crippen molar-refractivity contribution < 1.29 is 4.79 Å². The molecule has 0 aliphatic heterocycles. The minimum Gasteiger partial charge on any atom is -0.351 e. The summed E-state index contributed by atoms with van der Waals surface area (Å²) in [5.74, 6) is -0.147. The maximum atomic E-state index is 11.9. The second-order valence-electron chi connectivity index (χ2n) is 4.87. The van der Waals surface area contributed by atoms with E-state index >= 15 is 0 Å². The number of hydrogen-bond acceptors (Lipinski definition) is 5. The summed E-state index contributed by atoms with van der Waals surface area (Å²) < 4.78 is 2.09. The summed E-state index contributed by atoms with van der Waals surface area (Å²) >= 11 is 1.41. The highest BCUT2D eigenvalue weighted by molar-refractivity contribution is 7.09. The van der Waals surface area contributed by atoms with Crippen LogP contribution in [0.2, 0.25) is 0 Å². The summed E-state index contributed by atoms with van der Waals surface area (Å²) in [4.78, 5) is 20.4. The Labute approximate surface area is 132 Å². The van der Waals surface area contributed by atoms with Gasteiger partial charge in [0, 0.05) is 25.0 Å². The smallest absolute Gasteiger partial charge is 0.270 e. The summed E-state index contributed by atoms with van der Waals surface area (Å²) in [6.45, 7) is 1.78. The molecule has 2 aromatic heterocycles. The fourth-order valence-corrected chi connectivity index (χ4v) is 2.89. The van der Waals surface area contributed by atoms with Crippen LogP contribution in [0.15, 0.2) is 36.0 Å². The van der Waals surface area contributed by atoms with Crippen molar-refractivity contribution in [2.75, 3.05) is 6.54 Å². The highest BCUT2D eigenvalue weighted by Gasteiger charge is 2.09. The summed E-state index contributed by atoms with van der Waals surface area (Å²) in [7, 11) is 0. The molecular formula is C15H17N5OS. The molecule has 114 valence electrons. The molecule has 0 aliphatic rings. The zero-order valence-electron chi connectivity index (χ0n) is 12.0. The normalized spacial score (nSPS) is 11.0. The van der Waals surface area contributed by atoms with E-state index in [1.807, 2.05) is 30.6 Å². The van der Waals surface area contributed by atoms with Crippen molar-refractivity contribution >= 4 is 28.3 Å². The molecule has 2 heterocycles. The van der Waals surface area contributed by atoms with Gasteiger partial charge in [0.15, 0.2) is 0 Å². The topological polar surface area (TPSA) is 85.8 Å². The third kappa shape index (κ3) is 3.15. The molecule has 0 saturated heterocycles. The monoisotopic (exact) mass is 315 g/mol. The Balaban J connectivity index is 1.50. The van der Waals surface area contributed by atoms with Gasteiger partial charge in [0.05, 0.1) is 17.4 Å². The van der Waals surface area contributed by atoms with Crippen LogP contribution in [0.1, 0.15) is 21.9 Å². The van der Waals surface area contributed by atoms with Crippen molar-refractivity contribution in [3.05, 3.63) is 46.7 Å². The number of hydrogen-bond donors (Lipinski definition) is 2. The van der Waals surface area contributed by atoms with E-state index in [0.29, 0.717) is 18.8 Å². The number of aryl methyl sites for hydroxylation is 1. The van der Waals surface area contributed by atoms with Gasteiger partial charge in [-0.15, -0.1) is 11.3 Å². The average Bonchev–Trinajstić information content (AvgIpc) is 3.18. The molecule has 3 N–H and O–H groups in total. The molecule has 22 heavy (non-hydrogen) atoms. The Kier molecular flexibility index (Phi) is 4.45. The van der Waals surface area contributed by atoms with Gasteiger partial charge in [-0.1, -0.05) is 12.1 Å². The molecule has 1 amide bonds. The lowest BCUT2D eigenvalue weighted by molar-refractivity contribution is 0.0948. The summed E-state index contributed by atoms with van der Waals surface area (Å²) in [6.07, 6.45) is 2.67. The standard InChI is InChI=1S/C15H17N5OS/c16-8-14-19-12(9-22-14)15(21)17-6-3-7-20-10-18-11-4-1-2-5-13(11)20/h1-2,4-5,9-10H,3,6-8,16H2,(H,17,21). The fraction of sp³-hybridized carbons (Fsp3) is 0.267. The van der Waals surface area contributed by atoms with Gasteiger partial charge in [-0.2, -0.15) is 0 Å². The molecule has 0 unspecified atom stereocenters. The van der Waals surface area contributed by atoms with Gasteiger partial charge >= 0.3 is 0 Å². The second kappa shape index (κ2) is 6.67. The molecule has 0 fully saturated rings. The SMILES string of the molecule is NCc1nc(C(=O)NCCCn2cnc3ccccc32)cs1. The van der Waals surface area contributed by atoms with Crippen LogP contribution >= 0.6 is 11.3 Å². The number of thiazole rings is 1. The molecular weight excluding hydrogens is 298 g/mol. The number of carbonyl (C=O) groups excluding carboxylic acids is 1. The Morgan fingerprint density at radius 2 is 2.23 bits per heavy atom. The van der Waals surface area contributed by atoms with Gasteiger partial charge in [-0.05, 0) is 18.6 Å². The Bertz CT molecular complexity index is 779. The molecule has 3 rings (SSSR count). The van der Waals surface area contributed by atoms with E-state index < -0.39 is 0 Å². The number of nitrogens with zero attached hydrogens (tertiary/aromatic N) is 3. The van der Waals surface area contributed by atoms with Crippen molar-refractivity contribution in [2.45, 2.75) is 19.5 Å².